The molecule has 6 heteroatoms. The molecule has 0 aromatic rings. The van der Waals surface area contributed by atoms with Crippen LogP contribution in [0.3, 0.4) is 0 Å². The summed E-state index contributed by atoms with van der Waals surface area (Å²) in [6.45, 7) is 6.79. The van der Waals surface area contributed by atoms with Gasteiger partial charge in [-0.2, -0.15) is 0 Å². The third kappa shape index (κ3) is 3.07. The molecule has 1 saturated heterocycles. The van der Waals surface area contributed by atoms with Crippen LogP contribution in [0.2, 0.25) is 0 Å². The molecule has 2 amide bonds. The topological polar surface area (TPSA) is 67.9 Å². The minimum atomic E-state index is -0.529. The van der Waals surface area contributed by atoms with Gasteiger partial charge < -0.3 is 10.1 Å². The van der Waals surface area contributed by atoms with E-state index in [1.54, 1.807) is 0 Å². The van der Waals surface area contributed by atoms with Crippen molar-refractivity contribution in [3.8, 4) is 0 Å². The standard InChI is InChI=1S/C16H26N2O4/c1-16(2,3)22-15(20)17-13-11-6-5-10(9-11)12(13)14(19)18-7-4-8-21-18/h10-13H,4-9H2,1-3H3,(H,17,20)/t10-,11-,12-,13-/m0/s1. The Kier molecular flexibility index (Phi) is 4.05. The van der Waals surface area contributed by atoms with Crippen molar-refractivity contribution >= 4 is 12.0 Å². The maximum atomic E-state index is 12.7. The van der Waals surface area contributed by atoms with Crippen molar-refractivity contribution in [3.05, 3.63) is 0 Å². The molecule has 0 aromatic heterocycles. The Morgan fingerprint density at radius 3 is 2.59 bits per heavy atom. The zero-order valence-corrected chi connectivity index (χ0v) is 13.6. The first-order valence-electron chi connectivity index (χ1n) is 8.29. The van der Waals surface area contributed by atoms with Gasteiger partial charge in [0.15, 0.2) is 0 Å². The predicted molar refractivity (Wildman–Crippen MR) is 79.8 cm³/mol. The van der Waals surface area contributed by atoms with Crippen molar-refractivity contribution < 1.29 is 19.2 Å². The van der Waals surface area contributed by atoms with E-state index in [4.69, 9.17) is 9.57 Å². The van der Waals surface area contributed by atoms with Gasteiger partial charge in [-0.1, -0.05) is 0 Å². The molecule has 2 bridgehead atoms. The average Bonchev–Trinajstić information content (AvgIpc) is 3.12. The van der Waals surface area contributed by atoms with E-state index in [9.17, 15) is 9.59 Å². The summed E-state index contributed by atoms with van der Waals surface area (Å²) in [5.41, 5.74) is -0.529. The molecular weight excluding hydrogens is 284 g/mol. The van der Waals surface area contributed by atoms with Gasteiger partial charge in [0.25, 0.3) is 5.91 Å². The van der Waals surface area contributed by atoms with Crippen LogP contribution in [0.1, 0.15) is 46.5 Å². The largest absolute Gasteiger partial charge is 0.444 e. The molecule has 22 heavy (non-hydrogen) atoms. The van der Waals surface area contributed by atoms with E-state index in [0.717, 1.165) is 25.7 Å². The van der Waals surface area contributed by atoms with E-state index in [-0.39, 0.29) is 17.9 Å². The number of nitrogens with zero attached hydrogens (tertiary/aromatic N) is 1. The summed E-state index contributed by atoms with van der Waals surface area (Å²) in [5, 5.41) is 4.45. The van der Waals surface area contributed by atoms with Crippen LogP contribution in [0.4, 0.5) is 4.79 Å². The van der Waals surface area contributed by atoms with Crippen LogP contribution in [0.25, 0.3) is 0 Å². The highest BCUT2D eigenvalue weighted by atomic mass is 16.7. The summed E-state index contributed by atoms with van der Waals surface area (Å²) < 4.78 is 5.35. The molecule has 6 nitrogen and oxygen atoms in total. The van der Waals surface area contributed by atoms with E-state index in [1.165, 1.54) is 5.06 Å². The first-order chi connectivity index (χ1) is 10.3. The predicted octanol–water partition coefficient (Wildman–Crippen LogP) is 2.09. The third-order valence-electron chi connectivity index (χ3n) is 4.88. The summed E-state index contributed by atoms with van der Waals surface area (Å²) >= 11 is 0. The van der Waals surface area contributed by atoms with Gasteiger partial charge in [-0.3, -0.25) is 9.63 Å². The molecule has 1 aliphatic heterocycles. The summed E-state index contributed by atoms with van der Waals surface area (Å²) in [5.74, 6) is 0.617. The average molecular weight is 310 g/mol. The number of rotatable bonds is 2. The van der Waals surface area contributed by atoms with Crippen molar-refractivity contribution in [2.24, 2.45) is 17.8 Å². The molecule has 1 heterocycles. The number of hydrogen-bond acceptors (Lipinski definition) is 4. The van der Waals surface area contributed by atoms with Gasteiger partial charge in [0.05, 0.1) is 19.1 Å². The number of alkyl carbamates (subject to hydrolysis) is 1. The number of carbonyl (C=O) groups excluding carboxylic acids is 2. The summed E-state index contributed by atoms with van der Waals surface area (Å²) in [6, 6.07) is -0.120. The second-order valence-electron chi connectivity index (χ2n) is 7.66. The molecular formula is C16H26N2O4. The second kappa shape index (κ2) is 5.72. The molecule has 2 aliphatic carbocycles. The van der Waals surface area contributed by atoms with Gasteiger partial charge in [-0.15, -0.1) is 0 Å². The Morgan fingerprint density at radius 1 is 1.23 bits per heavy atom. The van der Waals surface area contributed by atoms with Gasteiger partial charge >= 0.3 is 6.09 Å². The van der Waals surface area contributed by atoms with Crippen LogP contribution in [0.5, 0.6) is 0 Å². The zero-order chi connectivity index (χ0) is 15.9. The van der Waals surface area contributed by atoms with Gasteiger partial charge in [-0.05, 0) is 58.3 Å². The SMILES string of the molecule is CC(C)(C)OC(=O)N[C@H]1[C@H]2CC[C@@H](C2)[C@@H]1C(=O)N1CCCO1. The van der Waals surface area contributed by atoms with Crippen LogP contribution in [-0.4, -0.2) is 41.9 Å². The number of fused-ring (bicyclic) bond motifs is 2. The third-order valence-corrected chi connectivity index (χ3v) is 4.88. The van der Waals surface area contributed by atoms with Gasteiger partial charge in [-0.25, -0.2) is 9.86 Å². The molecule has 3 fully saturated rings. The fraction of sp³-hybridized carbons (Fsp3) is 0.875. The number of nitrogens with one attached hydrogen (secondary N) is 1. The molecule has 3 rings (SSSR count). The van der Waals surface area contributed by atoms with E-state index in [1.807, 2.05) is 20.8 Å². The molecule has 124 valence electrons. The Balaban J connectivity index is 1.68. The smallest absolute Gasteiger partial charge is 0.407 e. The lowest BCUT2D eigenvalue weighted by Crippen LogP contribution is -2.51. The minimum Gasteiger partial charge on any atom is -0.444 e. The molecule has 0 spiro atoms. The highest BCUT2D eigenvalue weighted by Crippen LogP contribution is 2.49. The monoisotopic (exact) mass is 310 g/mol. The van der Waals surface area contributed by atoms with E-state index in [2.05, 4.69) is 5.32 Å². The van der Waals surface area contributed by atoms with Gasteiger partial charge in [0, 0.05) is 6.04 Å². The molecule has 0 radical (unpaired) electrons. The van der Waals surface area contributed by atoms with E-state index < -0.39 is 11.7 Å². The molecule has 1 N–H and O–H groups in total. The fourth-order valence-corrected chi connectivity index (χ4v) is 4.09. The summed E-state index contributed by atoms with van der Waals surface area (Å²) in [6.07, 6.45) is 3.63. The van der Waals surface area contributed by atoms with Crippen molar-refractivity contribution in [1.82, 2.24) is 10.4 Å². The van der Waals surface area contributed by atoms with Gasteiger partial charge in [0.2, 0.25) is 0 Å². The van der Waals surface area contributed by atoms with Crippen molar-refractivity contribution in [3.63, 3.8) is 0 Å². The lowest BCUT2D eigenvalue weighted by molar-refractivity contribution is -0.176. The summed E-state index contributed by atoms with van der Waals surface area (Å²) in [4.78, 5) is 30.2. The lowest BCUT2D eigenvalue weighted by atomic mass is 9.83. The number of ether oxygens (including phenoxy) is 1. The first kappa shape index (κ1) is 15.6. The quantitative estimate of drug-likeness (QED) is 0.848. The molecule has 4 atom stereocenters. The second-order valence-corrected chi connectivity index (χ2v) is 7.66. The van der Waals surface area contributed by atoms with Crippen LogP contribution >= 0.6 is 0 Å². The summed E-state index contributed by atoms with van der Waals surface area (Å²) in [7, 11) is 0. The van der Waals surface area contributed by atoms with Crippen LogP contribution in [-0.2, 0) is 14.4 Å². The number of hydrogen-bond donors (Lipinski definition) is 1. The lowest BCUT2D eigenvalue weighted by Gasteiger charge is -2.33. The number of carbonyl (C=O) groups is 2. The van der Waals surface area contributed by atoms with Crippen LogP contribution in [0, 0.1) is 17.8 Å². The van der Waals surface area contributed by atoms with Crippen molar-refractivity contribution in [1.29, 1.82) is 0 Å². The Bertz CT molecular complexity index is 454. The van der Waals surface area contributed by atoms with E-state index >= 15 is 0 Å². The van der Waals surface area contributed by atoms with Crippen LogP contribution < -0.4 is 5.32 Å². The maximum absolute atomic E-state index is 12.7. The van der Waals surface area contributed by atoms with Crippen LogP contribution in [0.15, 0.2) is 0 Å². The normalized spacial score (nSPS) is 34.0. The number of amides is 2. The minimum absolute atomic E-state index is 0.0331. The van der Waals surface area contributed by atoms with Crippen molar-refractivity contribution in [2.75, 3.05) is 13.2 Å². The number of hydroxylamine groups is 2. The molecule has 3 aliphatic rings. The fourth-order valence-electron chi connectivity index (χ4n) is 4.09. The van der Waals surface area contributed by atoms with E-state index in [0.29, 0.717) is 25.0 Å². The highest BCUT2D eigenvalue weighted by molar-refractivity contribution is 5.81. The molecule has 2 saturated carbocycles. The maximum Gasteiger partial charge on any atom is 0.407 e. The highest BCUT2D eigenvalue weighted by Gasteiger charge is 2.53. The molecule has 0 aromatic carbocycles. The van der Waals surface area contributed by atoms with Crippen molar-refractivity contribution in [2.45, 2.75) is 58.1 Å². The van der Waals surface area contributed by atoms with Gasteiger partial charge in [0.1, 0.15) is 5.60 Å². The Morgan fingerprint density at radius 2 is 1.95 bits per heavy atom. The zero-order valence-electron chi connectivity index (χ0n) is 13.6. The first-order valence-corrected chi connectivity index (χ1v) is 8.29. The Labute approximate surface area is 131 Å². The Hall–Kier alpha value is -1.30. The molecule has 0 unspecified atom stereocenters.